The smallest absolute Gasteiger partial charge is 0.155 e. The summed E-state index contributed by atoms with van der Waals surface area (Å²) in [6.07, 6.45) is 0.407. The van der Waals surface area contributed by atoms with Gasteiger partial charge >= 0.3 is 0 Å². The number of hydrogen-bond donors (Lipinski definition) is 2. The monoisotopic (exact) mass is 306 g/mol. The second-order valence-corrected chi connectivity index (χ2v) is 4.36. The first-order valence-electron chi connectivity index (χ1n) is 7.05. The Morgan fingerprint density at radius 2 is 1.64 bits per heavy atom. The number of carbonyl (C=O) groups is 1. The van der Waals surface area contributed by atoms with Crippen LogP contribution in [0, 0.1) is 18.6 Å². The van der Waals surface area contributed by atoms with Crippen LogP contribution in [0.2, 0.25) is 0 Å². The van der Waals surface area contributed by atoms with Crippen molar-refractivity contribution in [3.63, 3.8) is 0 Å². The van der Waals surface area contributed by atoms with Crippen LogP contribution in [-0.2, 0) is 0 Å². The van der Waals surface area contributed by atoms with Crippen LogP contribution in [0.1, 0.15) is 29.8 Å². The van der Waals surface area contributed by atoms with E-state index < -0.39 is 11.6 Å². The Kier molecular flexibility index (Phi) is 6.50. The number of carbonyl (C=O) groups excluding carboxylic acids is 1. The third kappa shape index (κ3) is 3.81. The number of aldehydes is 1. The molecule has 0 fully saturated rings. The predicted molar refractivity (Wildman–Crippen MR) is 87.1 cm³/mol. The van der Waals surface area contributed by atoms with Gasteiger partial charge in [0.2, 0.25) is 0 Å². The lowest BCUT2D eigenvalue weighted by Crippen LogP contribution is -2.04. The number of nitrogens with one attached hydrogen (secondary N) is 2. The minimum absolute atomic E-state index is 0.142. The highest BCUT2D eigenvalue weighted by molar-refractivity contribution is 5.92. The minimum Gasteiger partial charge on any atom is -0.386 e. The zero-order valence-electron chi connectivity index (χ0n) is 13.1. The van der Waals surface area contributed by atoms with Gasteiger partial charge in [0.1, 0.15) is 11.6 Å². The third-order valence-corrected chi connectivity index (χ3v) is 2.96. The number of benzene rings is 2. The predicted octanol–water partition coefficient (Wildman–Crippen LogP) is 4.90. The van der Waals surface area contributed by atoms with E-state index in [1.807, 2.05) is 13.8 Å². The topological polar surface area (TPSA) is 41.1 Å². The molecule has 0 aromatic heterocycles. The van der Waals surface area contributed by atoms with Gasteiger partial charge in [-0.1, -0.05) is 19.9 Å². The second-order valence-electron chi connectivity index (χ2n) is 4.36. The molecule has 22 heavy (non-hydrogen) atoms. The number of halogens is 2. The third-order valence-electron chi connectivity index (χ3n) is 2.96. The van der Waals surface area contributed by atoms with Crippen molar-refractivity contribution in [2.75, 3.05) is 17.7 Å². The summed E-state index contributed by atoms with van der Waals surface area (Å²) in [4.78, 5) is 11.0. The first-order chi connectivity index (χ1) is 10.6. The molecule has 0 aliphatic rings. The Labute approximate surface area is 129 Å². The standard InChI is InChI=1S/C15H14F2N2O.C2H6/c1-9-3-5-13(12(17)7-9)19-15-10(8-20)11(16)4-6-14(15)18-2;1-2/h3-8,18-19H,1-2H3;1-2H3. The maximum Gasteiger partial charge on any atom is 0.155 e. The van der Waals surface area contributed by atoms with Crippen LogP contribution in [0.25, 0.3) is 0 Å². The molecule has 0 bridgehead atoms. The van der Waals surface area contributed by atoms with Gasteiger partial charge in [-0.15, -0.1) is 0 Å². The van der Waals surface area contributed by atoms with E-state index in [1.54, 1.807) is 26.1 Å². The molecular formula is C17H20F2N2O. The average molecular weight is 306 g/mol. The lowest BCUT2D eigenvalue weighted by molar-refractivity contribution is 0.112. The van der Waals surface area contributed by atoms with Crippen LogP contribution in [0.4, 0.5) is 25.8 Å². The summed E-state index contributed by atoms with van der Waals surface area (Å²) in [5.74, 6) is -1.12. The fourth-order valence-corrected chi connectivity index (χ4v) is 1.91. The molecule has 0 aliphatic carbocycles. The van der Waals surface area contributed by atoms with Crippen molar-refractivity contribution in [2.24, 2.45) is 0 Å². The van der Waals surface area contributed by atoms with Gasteiger partial charge in [-0.3, -0.25) is 4.79 Å². The molecule has 0 unspecified atom stereocenters. The Hall–Kier alpha value is -2.43. The SMILES string of the molecule is CC.CNc1ccc(F)c(C=O)c1Nc1ccc(C)cc1F. The van der Waals surface area contributed by atoms with Crippen molar-refractivity contribution in [3.8, 4) is 0 Å². The van der Waals surface area contributed by atoms with E-state index in [0.29, 0.717) is 12.0 Å². The lowest BCUT2D eigenvalue weighted by atomic mass is 10.1. The number of anilines is 3. The zero-order valence-corrected chi connectivity index (χ0v) is 13.1. The van der Waals surface area contributed by atoms with Crippen LogP contribution >= 0.6 is 0 Å². The Morgan fingerprint density at radius 1 is 1.00 bits per heavy atom. The lowest BCUT2D eigenvalue weighted by Gasteiger charge is -2.15. The van der Waals surface area contributed by atoms with E-state index in [2.05, 4.69) is 10.6 Å². The van der Waals surface area contributed by atoms with Crippen molar-refractivity contribution < 1.29 is 13.6 Å². The van der Waals surface area contributed by atoms with Crippen molar-refractivity contribution in [3.05, 3.63) is 53.1 Å². The largest absolute Gasteiger partial charge is 0.386 e. The van der Waals surface area contributed by atoms with E-state index in [9.17, 15) is 13.6 Å². The zero-order chi connectivity index (χ0) is 16.7. The van der Waals surface area contributed by atoms with Crippen molar-refractivity contribution in [1.82, 2.24) is 0 Å². The first-order valence-corrected chi connectivity index (χ1v) is 7.05. The first kappa shape index (κ1) is 17.6. The normalized spacial score (nSPS) is 9.55. The molecule has 0 saturated carbocycles. The molecule has 0 heterocycles. The highest BCUT2D eigenvalue weighted by Crippen LogP contribution is 2.31. The number of aryl methyl sites for hydroxylation is 1. The summed E-state index contributed by atoms with van der Waals surface area (Å²) in [6.45, 7) is 5.77. The quantitative estimate of drug-likeness (QED) is 0.790. The molecule has 118 valence electrons. The highest BCUT2D eigenvalue weighted by atomic mass is 19.1. The Balaban J connectivity index is 0.00000116. The molecule has 2 rings (SSSR count). The van der Waals surface area contributed by atoms with Gasteiger partial charge in [-0.2, -0.15) is 0 Å². The van der Waals surface area contributed by atoms with Crippen LogP contribution < -0.4 is 10.6 Å². The summed E-state index contributed by atoms with van der Waals surface area (Å²) in [7, 11) is 1.64. The maximum atomic E-state index is 13.8. The fourth-order valence-electron chi connectivity index (χ4n) is 1.91. The molecule has 3 nitrogen and oxygen atoms in total. The van der Waals surface area contributed by atoms with E-state index >= 15 is 0 Å². The summed E-state index contributed by atoms with van der Waals surface area (Å²) in [5.41, 5.74) is 1.54. The average Bonchev–Trinajstić information content (AvgIpc) is 2.52. The van der Waals surface area contributed by atoms with Crippen LogP contribution in [0.3, 0.4) is 0 Å². The number of hydrogen-bond acceptors (Lipinski definition) is 3. The molecule has 0 atom stereocenters. The van der Waals surface area contributed by atoms with Crippen molar-refractivity contribution in [1.29, 1.82) is 0 Å². The summed E-state index contributed by atoms with van der Waals surface area (Å²) < 4.78 is 27.5. The summed E-state index contributed by atoms with van der Waals surface area (Å²) >= 11 is 0. The van der Waals surface area contributed by atoms with Gasteiger partial charge in [0, 0.05) is 7.05 Å². The van der Waals surface area contributed by atoms with Gasteiger partial charge in [0.05, 0.1) is 22.6 Å². The summed E-state index contributed by atoms with van der Waals surface area (Å²) in [5, 5.41) is 5.61. The fraction of sp³-hybridized carbons (Fsp3) is 0.235. The summed E-state index contributed by atoms with van der Waals surface area (Å²) in [6, 6.07) is 7.30. The van der Waals surface area contributed by atoms with E-state index in [0.717, 1.165) is 5.56 Å². The molecule has 2 aromatic rings. The highest BCUT2D eigenvalue weighted by Gasteiger charge is 2.14. The van der Waals surface area contributed by atoms with E-state index in [4.69, 9.17) is 0 Å². The molecule has 0 spiro atoms. The second kappa shape index (κ2) is 8.12. The van der Waals surface area contributed by atoms with Crippen LogP contribution in [0.5, 0.6) is 0 Å². The van der Waals surface area contributed by atoms with Crippen LogP contribution in [0.15, 0.2) is 30.3 Å². The number of rotatable bonds is 4. The molecule has 2 aromatic carbocycles. The van der Waals surface area contributed by atoms with Crippen molar-refractivity contribution >= 4 is 23.3 Å². The van der Waals surface area contributed by atoms with Gasteiger partial charge in [0.15, 0.2) is 6.29 Å². The Morgan fingerprint density at radius 3 is 2.18 bits per heavy atom. The molecule has 2 N–H and O–H groups in total. The van der Waals surface area contributed by atoms with Gasteiger partial charge < -0.3 is 10.6 Å². The molecule has 0 amide bonds. The Bertz CT molecular complexity index is 657. The maximum absolute atomic E-state index is 13.8. The van der Waals surface area contributed by atoms with E-state index in [1.165, 1.54) is 18.2 Å². The molecule has 0 saturated heterocycles. The minimum atomic E-state index is -0.658. The van der Waals surface area contributed by atoms with Gasteiger partial charge in [0.25, 0.3) is 0 Å². The molecule has 5 heteroatoms. The van der Waals surface area contributed by atoms with E-state index in [-0.39, 0.29) is 16.9 Å². The van der Waals surface area contributed by atoms with Gasteiger partial charge in [-0.25, -0.2) is 8.78 Å². The molecule has 0 radical (unpaired) electrons. The molecule has 0 aliphatic heterocycles. The van der Waals surface area contributed by atoms with Crippen LogP contribution in [-0.4, -0.2) is 13.3 Å². The molecular weight excluding hydrogens is 286 g/mol. The van der Waals surface area contributed by atoms with Gasteiger partial charge in [-0.05, 0) is 36.8 Å². The van der Waals surface area contributed by atoms with Crippen molar-refractivity contribution in [2.45, 2.75) is 20.8 Å².